The van der Waals surface area contributed by atoms with Crippen LogP contribution in [-0.2, 0) is 6.54 Å². The maximum Gasteiger partial charge on any atom is 0.123 e. The zero-order valence-corrected chi connectivity index (χ0v) is 19.1. The number of hydrogen-bond donors (Lipinski definition) is 1. The molecule has 0 aliphatic rings. The molecule has 0 amide bonds. The molecule has 1 unspecified atom stereocenters. The van der Waals surface area contributed by atoms with E-state index in [1.807, 2.05) is 25.1 Å². The van der Waals surface area contributed by atoms with Gasteiger partial charge in [-0.25, -0.2) is 4.39 Å². The van der Waals surface area contributed by atoms with Crippen LogP contribution in [0.15, 0.2) is 84.6 Å². The molecule has 0 aromatic heterocycles. The Hall–Kier alpha value is -2.39. The third kappa shape index (κ3) is 8.96. The number of hydrogen-bond acceptors (Lipinski definition) is 2. The van der Waals surface area contributed by atoms with Crippen LogP contribution in [0.25, 0.3) is 0 Å². The Bertz CT molecular complexity index is 756. The standard InChI is InChI=1S/C27H38FNO/c1-7-10-24(11-8-2)22(6)19-27(21(4)5)29(18-17-26(30)12-9-3)20-23-13-15-25(28)16-14-23/h7,9-11,13-16,19,21,26,30H,3,6,8,12,17-18,20H2,1-2,4-5H3/b10-7-,24-11+,27-19-. The Kier molecular flexibility index (Phi) is 11.8. The second-order valence-electron chi connectivity index (χ2n) is 7.83. The summed E-state index contributed by atoms with van der Waals surface area (Å²) in [5.41, 5.74) is 4.27. The van der Waals surface area contributed by atoms with Gasteiger partial charge in [0, 0.05) is 18.8 Å². The maximum absolute atomic E-state index is 13.4. The fourth-order valence-corrected chi connectivity index (χ4v) is 3.32. The van der Waals surface area contributed by atoms with Gasteiger partial charge in [-0.15, -0.1) is 6.58 Å². The molecule has 0 saturated carbocycles. The Labute approximate surface area is 182 Å². The minimum absolute atomic E-state index is 0.236. The molecule has 2 nitrogen and oxygen atoms in total. The first-order valence-electron chi connectivity index (χ1n) is 10.8. The molecule has 0 saturated heterocycles. The summed E-state index contributed by atoms with van der Waals surface area (Å²) in [6.07, 6.45) is 11.9. The second-order valence-corrected chi connectivity index (χ2v) is 7.83. The van der Waals surface area contributed by atoms with Crippen LogP contribution < -0.4 is 0 Å². The monoisotopic (exact) mass is 411 g/mol. The molecule has 0 fully saturated rings. The number of aliphatic hydroxyl groups excluding tert-OH is 1. The van der Waals surface area contributed by atoms with Crippen molar-refractivity contribution in [1.29, 1.82) is 0 Å². The molecule has 3 heteroatoms. The highest BCUT2D eigenvalue weighted by Crippen LogP contribution is 2.24. The zero-order valence-electron chi connectivity index (χ0n) is 19.1. The number of benzene rings is 1. The van der Waals surface area contributed by atoms with E-state index in [0.29, 0.717) is 25.9 Å². The summed E-state index contributed by atoms with van der Waals surface area (Å²) < 4.78 is 13.4. The van der Waals surface area contributed by atoms with Crippen LogP contribution in [0.4, 0.5) is 4.39 Å². The van der Waals surface area contributed by atoms with Gasteiger partial charge < -0.3 is 10.0 Å². The molecule has 30 heavy (non-hydrogen) atoms. The molecule has 0 spiro atoms. The van der Waals surface area contributed by atoms with E-state index in [1.54, 1.807) is 6.08 Å². The minimum Gasteiger partial charge on any atom is -0.393 e. The summed E-state index contributed by atoms with van der Waals surface area (Å²) in [7, 11) is 0. The van der Waals surface area contributed by atoms with Gasteiger partial charge in [-0.2, -0.15) is 0 Å². The van der Waals surface area contributed by atoms with Crippen LogP contribution in [0.2, 0.25) is 0 Å². The van der Waals surface area contributed by atoms with Gasteiger partial charge in [0.2, 0.25) is 0 Å². The van der Waals surface area contributed by atoms with E-state index >= 15 is 0 Å². The van der Waals surface area contributed by atoms with E-state index in [0.717, 1.165) is 28.8 Å². The lowest BCUT2D eigenvalue weighted by atomic mass is 9.99. The van der Waals surface area contributed by atoms with Crippen molar-refractivity contribution in [3.05, 3.63) is 96.0 Å². The van der Waals surface area contributed by atoms with Crippen molar-refractivity contribution in [3.63, 3.8) is 0 Å². The van der Waals surface area contributed by atoms with Crippen LogP contribution in [0.5, 0.6) is 0 Å². The first-order valence-corrected chi connectivity index (χ1v) is 10.8. The van der Waals surface area contributed by atoms with Gasteiger partial charge in [0.1, 0.15) is 5.82 Å². The maximum atomic E-state index is 13.4. The van der Waals surface area contributed by atoms with Gasteiger partial charge in [0.05, 0.1) is 6.10 Å². The van der Waals surface area contributed by atoms with E-state index < -0.39 is 6.10 Å². The average molecular weight is 412 g/mol. The van der Waals surface area contributed by atoms with Gasteiger partial charge in [-0.3, -0.25) is 0 Å². The summed E-state index contributed by atoms with van der Waals surface area (Å²) in [5.74, 6) is 0.0348. The van der Waals surface area contributed by atoms with Crippen molar-refractivity contribution in [3.8, 4) is 0 Å². The highest BCUT2D eigenvalue weighted by atomic mass is 19.1. The smallest absolute Gasteiger partial charge is 0.123 e. The Morgan fingerprint density at radius 1 is 1.23 bits per heavy atom. The highest BCUT2D eigenvalue weighted by molar-refractivity contribution is 5.45. The first kappa shape index (κ1) is 25.6. The van der Waals surface area contributed by atoms with E-state index in [1.165, 1.54) is 12.1 Å². The van der Waals surface area contributed by atoms with E-state index in [-0.39, 0.29) is 11.7 Å². The van der Waals surface area contributed by atoms with Gasteiger partial charge in [0.15, 0.2) is 0 Å². The molecule has 0 radical (unpaired) electrons. The molecule has 1 aromatic carbocycles. The van der Waals surface area contributed by atoms with Gasteiger partial charge >= 0.3 is 0 Å². The lowest BCUT2D eigenvalue weighted by Gasteiger charge is -2.31. The normalized spacial score (nSPS) is 13.7. The average Bonchev–Trinajstić information content (AvgIpc) is 2.70. The fraction of sp³-hybridized carbons (Fsp3) is 0.407. The predicted molar refractivity (Wildman–Crippen MR) is 127 cm³/mol. The summed E-state index contributed by atoms with van der Waals surface area (Å²) >= 11 is 0. The molecular formula is C27H38FNO. The van der Waals surface area contributed by atoms with Crippen molar-refractivity contribution >= 4 is 0 Å². The molecule has 0 aliphatic heterocycles. The lowest BCUT2D eigenvalue weighted by Crippen LogP contribution is -2.29. The van der Waals surface area contributed by atoms with Crippen LogP contribution in [0, 0.1) is 11.7 Å². The highest BCUT2D eigenvalue weighted by Gasteiger charge is 2.16. The molecule has 1 rings (SSSR count). The molecular weight excluding hydrogens is 373 g/mol. The van der Waals surface area contributed by atoms with E-state index in [2.05, 4.69) is 57.1 Å². The summed E-state index contributed by atoms with van der Waals surface area (Å²) in [5, 5.41) is 10.2. The summed E-state index contributed by atoms with van der Waals surface area (Å²) in [4.78, 5) is 2.27. The van der Waals surface area contributed by atoms with Crippen molar-refractivity contribution in [2.24, 2.45) is 5.92 Å². The molecule has 1 atom stereocenters. The molecule has 0 bridgehead atoms. The topological polar surface area (TPSA) is 23.5 Å². The number of allylic oxidation sites excluding steroid dienone is 7. The third-order valence-electron chi connectivity index (χ3n) is 4.88. The van der Waals surface area contributed by atoms with Crippen LogP contribution in [-0.4, -0.2) is 22.7 Å². The zero-order chi connectivity index (χ0) is 22.5. The molecule has 0 aliphatic carbocycles. The molecule has 0 heterocycles. The van der Waals surface area contributed by atoms with Crippen LogP contribution >= 0.6 is 0 Å². The van der Waals surface area contributed by atoms with Gasteiger partial charge in [-0.05, 0) is 67.0 Å². The minimum atomic E-state index is -0.423. The van der Waals surface area contributed by atoms with E-state index in [9.17, 15) is 9.50 Å². The largest absolute Gasteiger partial charge is 0.393 e. The first-order chi connectivity index (χ1) is 14.3. The number of halogens is 1. The quantitative estimate of drug-likeness (QED) is 0.280. The fourth-order valence-electron chi connectivity index (χ4n) is 3.32. The van der Waals surface area contributed by atoms with Crippen molar-refractivity contribution in [2.45, 2.75) is 59.6 Å². The lowest BCUT2D eigenvalue weighted by molar-refractivity contribution is 0.147. The Morgan fingerprint density at radius 2 is 1.90 bits per heavy atom. The van der Waals surface area contributed by atoms with Gasteiger partial charge in [-0.1, -0.05) is 63.8 Å². The van der Waals surface area contributed by atoms with Gasteiger partial charge in [0.25, 0.3) is 0 Å². The third-order valence-corrected chi connectivity index (χ3v) is 4.88. The summed E-state index contributed by atoms with van der Waals surface area (Å²) in [6, 6.07) is 6.62. The Balaban J connectivity index is 3.24. The Morgan fingerprint density at radius 3 is 2.43 bits per heavy atom. The van der Waals surface area contributed by atoms with Crippen molar-refractivity contribution in [1.82, 2.24) is 4.90 Å². The number of rotatable bonds is 13. The second kappa shape index (κ2) is 13.8. The molecule has 1 N–H and O–H groups in total. The van der Waals surface area contributed by atoms with Crippen LogP contribution in [0.3, 0.4) is 0 Å². The van der Waals surface area contributed by atoms with Crippen LogP contribution in [0.1, 0.15) is 52.5 Å². The van der Waals surface area contributed by atoms with Crippen molar-refractivity contribution in [2.75, 3.05) is 6.54 Å². The van der Waals surface area contributed by atoms with Crippen molar-refractivity contribution < 1.29 is 9.50 Å². The number of aliphatic hydroxyl groups is 1. The SMILES string of the molecule is C=CCC(O)CCN(Cc1ccc(F)cc1)/C(=C\C(=C)C(/C=C\C)=C/CC)C(C)C. The molecule has 1 aromatic rings. The predicted octanol–water partition coefficient (Wildman–Crippen LogP) is 6.96. The van der Waals surface area contributed by atoms with E-state index in [4.69, 9.17) is 0 Å². The number of nitrogens with zero attached hydrogens (tertiary/aromatic N) is 1. The molecule has 164 valence electrons. The summed E-state index contributed by atoms with van der Waals surface area (Å²) in [6.45, 7) is 17.8.